The second-order valence-electron chi connectivity index (χ2n) is 6.06. The van der Waals surface area contributed by atoms with Crippen LogP contribution in [0.4, 0.5) is 4.39 Å². The van der Waals surface area contributed by atoms with E-state index >= 15 is 0 Å². The van der Waals surface area contributed by atoms with E-state index in [1.807, 2.05) is 18.4 Å². The van der Waals surface area contributed by atoms with Crippen LogP contribution in [0.15, 0.2) is 47.6 Å². The first-order chi connectivity index (χ1) is 12.2. The van der Waals surface area contributed by atoms with Gasteiger partial charge in [-0.05, 0) is 49.1 Å². The Morgan fingerprint density at radius 1 is 1.24 bits per heavy atom. The number of aromatic nitrogens is 3. The summed E-state index contributed by atoms with van der Waals surface area (Å²) in [6.45, 7) is 0.0830. The standard InChI is InChI=1S/C19H18FN3OS/c1-25-17-10-13(8-9-21-17)19-18(12-2-4-14(20)5-3-12)22-16-7-6-15(11-24)23(16)19/h2-5,8-10,15,24H,6-7,11H2,1H3/t15-/m1/s1. The number of rotatable bonds is 4. The summed E-state index contributed by atoms with van der Waals surface area (Å²) in [6, 6.07) is 10.4. The normalized spacial score (nSPS) is 16.2. The first-order valence-corrected chi connectivity index (χ1v) is 9.42. The van der Waals surface area contributed by atoms with Crippen molar-refractivity contribution in [3.63, 3.8) is 0 Å². The quantitative estimate of drug-likeness (QED) is 0.720. The minimum atomic E-state index is -0.265. The van der Waals surface area contributed by atoms with Crippen LogP contribution in [0.3, 0.4) is 0 Å². The molecule has 4 rings (SSSR count). The fourth-order valence-electron chi connectivity index (χ4n) is 3.40. The average molecular weight is 355 g/mol. The molecule has 0 aliphatic carbocycles. The van der Waals surface area contributed by atoms with Gasteiger partial charge in [-0.25, -0.2) is 14.4 Å². The lowest BCUT2D eigenvalue weighted by Crippen LogP contribution is -2.10. The maximum Gasteiger partial charge on any atom is 0.123 e. The molecule has 3 heterocycles. The van der Waals surface area contributed by atoms with Crippen LogP contribution in [0.2, 0.25) is 0 Å². The Bertz CT molecular complexity index is 908. The monoisotopic (exact) mass is 355 g/mol. The molecule has 0 fully saturated rings. The Kier molecular flexibility index (Phi) is 4.31. The molecule has 128 valence electrons. The first kappa shape index (κ1) is 16.3. The summed E-state index contributed by atoms with van der Waals surface area (Å²) in [5.41, 5.74) is 3.68. The van der Waals surface area contributed by atoms with Crippen LogP contribution in [0, 0.1) is 5.82 Å². The Labute approximate surface area is 149 Å². The summed E-state index contributed by atoms with van der Waals surface area (Å²) in [5.74, 6) is 0.703. The highest BCUT2D eigenvalue weighted by Gasteiger charge is 2.29. The highest BCUT2D eigenvalue weighted by molar-refractivity contribution is 7.98. The van der Waals surface area contributed by atoms with Gasteiger partial charge in [0.15, 0.2) is 0 Å². The number of benzene rings is 1. The minimum absolute atomic E-state index is 0.0255. The molecule has 0 spiro atoms. The van der Waals surface area contributed by atoms with Crippen molar-refractivity contribution < 1.29 is 9.50 Å². The number of halogens is 1. The molecule has 1 aliphatic heterocycles. The van der Waals surface area contributed by atoms with Gasteiger partial charge in [-0.15, -0.1) is 11.8 Å². The van der Waals surface area contributed by atoms with Crippen LogP contribution in [0.25, 0.3) is 22.5 Å². The number of nitrogens with zero attached hydrogens (tertiary/aromatic N) is 3. The van der Waals surface area contributed by atoms with Crippen molar-refractivity contribution in [3.8, 4) is 22.5 Å². The van der Waals surface area contributed by atoms with Crippen LogP contribution in [-0.4, -0.2) is 32.5 Å². The number of hydrogen-bond donors (Lipinski definition) is 1. The molecule has 0 radical (unpaired) electrons. The Hall–Kier alpha value is -2.18. The van der Waals surface area contributed by atoms with Crippen molar-refractivity contribution in [1.29, 1.82) is 0 Å². The molecule has 4 nitrogen and oxygen atoms in total. The van der Waals surface area contributed by atoms with E-state index in [0.717, 1.165) is 46.2 Å². The predicted octanol–water partition coefficient (Wildman–Crippen LogP) is 3.95. The third-order valence-corrected chi connectivity index (χ3v) is 5.24. The zero-order valence-corrected chi connectivity index (χ0v) is 14.6. The van der Waals surface area contributed by atoms with Gasteiger partial charge in [0, 0.05) is 23.7 Å². The van der Waals surface area contributed by atoms with Gasteiger partial charge in [-0.1, -0.05) is 0 Å². The van der Waals surface area contributed by atoms with Crippen molar-refractivity contribution in [2.24, 2.45) is 0 Å². The van der Waals surface area contributed by atoms with E-state index in [4.69, 9.17) is 4.98 Å². The molecule has 1 aliphatic rings. The van der Waals surface area contributed by atoms with Crippen molar-refractivity contribution >= 4 is 11.8 Å². The zero-order valence-electron chi connectivity index (χ0n) is 13.8. The fraction of sp³-hybridized carbons (Fsp3) is 0.263. The molecule has 0 saturated heterocycles. The van der Waals surface area contributed by atoms with Crippen molar-refractivity contribution in [1.82, 2.24) is 14.5 Å². The fourth-order valence-corrected chi connectivity index (χ4v) is 3.81. The SMILES string of the molecule is CSc1cc(-c2c(-c3ccc(F)cc3)nc3n2[C@@H](CO)CC3)ccn1. The van der Waals surface area contributed by atoms with Gasteiger partial charge < -0.3 is 9.67 Å². The largest absolute Gasteiger partial charge is 0.394 e. The van der Waals surface area contributed by atoms with Crippen molar-refractivity contribution in [2.75, 3.05) is 12.9 Å². The summed E-state index contributed by atoms with van der Waals surface area (Å²) in [4.78, 5) is 9.17. The molecule has 2 aromatic heterocycles. The molecule has 0 unspecified atom stereocenters. The summed E-state index contributed by atoms with van der Waals surface area (Å²) in [5, 5.41) is 10.7. The molecule has 0 amide bonds. The zero-order chi connectivity index (χ0) is 17.4. The van der Waals surface area contributed by atoms with Gasteiger partial charge >= 0.3 is 0 Å². The molecule has 1 aromatic carbocycles. The van der Waals surface area contributed by atoms with E-state index in [1.54, 1.807) is 30.1 Å². The second-order valence-corrected chi connectivity index (χ2v) is 6.89. The molecule has 25 heavy (non-hydrogen) atoms. The highest BCUT2D eigenvalue weighted by atomic mass is 32.2. The molecule has 6 heteroatoms. The van der Waals surface area contributed by atoms with Crippen LogP contribution in [0.1, 0.15) is 18.3 Å². The number of pyridine rings is 1. The number of aryl methyl sites for hydroxylation is 1. The summed E-state index contributed by atoms with van der Waals surface area (Å²) in [6.07, 6.45) is 5.50. The van der Waals surface area contributed by atoms with Gasteiger partial charge in [0.25, 0.3) is 0 Å². The second kappa shape index (κ2) is 6.61. The maximum atomic E-state index is 13.3. The molecule has 1 atom stereocenters. The lowest BCUT2D eigenvalue weighted by molar-refractivity contribution is 0.234. The van der Waals surface area contributed by atoms with E-state index in [9.17, 15) is 9.50 Å². The van der Waals surface area contributed by atoms with Gasteiger partial charge in [0.2, 0.25) is 0 Å². The maximum absolute atomic E-state index is 13.3. The number of aliphatic hydroxyl groups excluding tert-OH is 1. The lowest BCUT2D eigenvalue weighted by Gasteiger charge is -2.15. The Morgan fingerprint density at radius 3 is 2.76 bits per heavy atom. The number of hydrogen-bond acceptors (Lipinski definition) is 4. The molecule has 0 bridgehead atoms. The van der Waals surface area contributed by atoms with Gasteiger partial charge in [-0.3, -0.25) is 0 Å². The van der Waals surface area contributed by atoms with E-state index in [-0.39, 0.29) is 18.5 Å². The van der Waals surface area contributed by atoms with E-state index < -0.39 is 0 Å². The summed E-state index contributed by atoms with van der Waals surface area (Å²) < 4.78 is 15.5. The molecular formula is C19H18FN3OS. The number of aliphatic hydroxyl groups is 1. The highest BCUT2D eigenvalue weighted by Crippen LogP contribution is 2.40. The molecule has 1 N–H and O–H groups in total. The predicted molar refractivity (Wildman–Crippen MR) is 97.1 cm³/mol. The first-order valence-electron chi connectivity index (χ1n) is 8.19. The summed E-state index contributed by atoms with van der Waals surface area (Å²) in [7, 11) is 0. The van der Waals surface area contributed by atoms with Crippen LogP contribution in [-0.2, 0) is 6.42 Å². The summed E-state index contributed by atoms with van der Waals surface area (Å²) >= 11 is 1.58. The van der Waals surface area contributed by atoms with Crippen LogP contribution >= 0.6 is 11.8 Å². The van der Waals surface area contributed by atoms with Crippen LogP contribution in [0.5, 0.6) is 0 Å². The minimum Gasteiger partial charge on any atom is -0.394 e. The third kappa shape index (κ3) is 2.85. The smallest absolute Gasteiger partial charge is 0.123 e. The van der Waals surface area contributed by atoms with E-state index in [1.165, 1.54) is 12.1 Å². The number of fused-ring (bicyclic) bond motifs is 1. The van der Waals surface area contributed by atoms with Gasteiger partial charge in [0.1, 0.15) is 11.6 Å². The van der Waals surface area contributed by atoms with E-state index in [0.29, 0.717) is 0 Å². The molecular weight excluding hydrogens is 337 g/mol. The van der Waals surface area contributed by atoms with E-state index in [2.05, 4.69) is 9.55 Å². The Morgan fingerprint density at radius 2 is 2.04 bits per heavy atom. The van der Waals surface area contributed by atoms with Crippen LogP contribution < -0.4 is 0 Å². The number of imidazole rings is 1. The molecule has 0 saturated carbocycles. The average Bonchev–Trinajstić information content (AvgIpc) is 3.21. The third-order valence-electron chi connectivity index (χ3n) is 4.60. The topological polar surface area (TPSA) is 50.9 Å². The van der Waals surface area contributed by atoms with Gasteiger partial charge in [-0.2, -0.15) is 0 Å². The lowest BCUT2D eigenvalue weighted by atomic mass is 10.0. The Balaban J connectivity index is 1.94. The van der Waals surface area contributed by atoms with Crippen molar-refractivity contribution in [3.05, 3.63) is 54.2 Å². The number of thioether (sulfide) groups is 1. The van der Waals surface area contributed by atoms with Crippen molar-refractivity contribution in [2.45, 2.75) is 23.9 Å². The molecule has 3 aromatic rings. The van der Waals surface area contributed by atoms with Gasteiger partial charge in [0.05, 0.1) is 29.1 Å².